The van der Waals surface area contributed by atoms with E-state index < -0.39 is 30.0 Å². The van der Waals surface area contributed by atoms with E-state index in [9.17, 15) is 21.9 Å². The molecule has 2 aromatic carbocycles. The molecule has 11 heteroatoms. The second-order valence-electron chi connectivity index (χ2n) is 5.10. The Labute approximate surface area is 144 Å². The monoisotopic (exact) mass is 391 g/mol. The summed E-state index contributed by atoms with van der Waals surface area (Å²) in [6.45, 7) is 3.83. The second kappa shape index (κ2) is 7.64. The summed E-state index contributed by atoms with van der Waals surface area (Å²) >= 11 is 0. The molecule has 138 valence electrons. The number of morpholine rings is 1. The number of rotatable bonds is 2. The number of aromatic hydroxyl groups is 1. The highest BCUT2D eigenvalue weighted by atomic mass is 32.2. The van der Waals surface area contributed by atoms with Crippen LogP contribution in [0.25, 0.3) is 10.8 Å². The fraction of sp³-hybridized carbons (Fsp3) is 0.286. The maximum Gasteiger partial charge on any atom is 0.295 e. The quantitative estimate of drug-likeness (QED) is 0.541. The first-order valence-corrected chi connectivity index (χ1v) is 9.98. The predicted molar refractivity (Wildman–Crippen MR) is 88.9 cm³/mol. The molecular weight excluding hydrogens is 374 g/mol. The first kappa shape index (κ1) is 19.6. The standard InChI is InChI=1S/C10H8O7S2.C4H9NO/c11-9-3-4-10(19(15,16)17)8-5-6(18(12,13)14)1-2-7(8)9;1-3-6-4-2-5-1/h1-5,11H,(H,12,13,14)(H,15,16,17);5H,1-4H2. The van der Waals surface area contributed by atoms with Crippen LogP contribution in [0.4, 0.5) is 0 Å². The Morgan fingerprint density at radius 3 is 1.96 bits per heavy atom. The number of phenolic OH excluding ortho intramolecular Hbond substituents is 1. The summed E-state index contributed by atoms with van der Waals surface area (Å²) in [4.78, 5) is -1.11. The normalized spacial score (nSPS) is 15.4. The van der Waals surface area contributed by atoms with E-state index in [0.29, 0.717) is 0 Å². The van der Waals surface area contributed by atoms with Crippen LogP contribution in [0.1, 0.15) is 0 Å². The third kappa shape index (κ3) is 5.11. The Hall–Kier alpha value is -1.76. The minimum absolute atomic E-state index is 0.0301. The lowest BCUT2D eigenvalue weighted by Gasteiger charge is -2.10. The minimum Gasteiger partial charge on any atom is -0.507 e. The summed E-state index contributed by atoms with van der Waals surface area (Å²) in [5.74, 6) is -0.288. The van der Waals surface area contributed by atoms with Crippen molar-refractivity contribution in [2.75, 3.05) is 26.3 Å². The zero-order valence-corrected chi connectivity index (χ0v) is 14.5. The Bertz CT molecular complexity index is 954. The molecule has 3 rings (SSSR count). The number of phenols is 1. The van der Waals surface area contributed by atoms with Crippen molar-refractivity contribution in [2.45, 2.75) is 9.79 Å². The summed E-state index contributed by atoms with van der Waals surface area (Å²) in [7, 11) is -9.12. The number of ether oxygens (including phenoxy) is 1. The van der Waals surface area contributed by atoms with Gasteiger partial charge in [0.1, 0.15) is 10.6 Å². The maximum absolute atomic E-state index is 11.2. The van der Waals surface area contributed by atoms with Gasteiger partial charge in [0, 0.05) is 23.9 Å². The van der Waals surface area contributed by atoms with Crippen LogP contribution in [0.5, 0.6) is 5.75 Å². The molecule has 0 aliphatic carbocycles. The van der Waals surface area contributed by atoms with Crippen LogP contribution in [0.2, 0.25) is 0 Å². The first-order chi connectivity index (χ1) is 11.6. The van der Waals surface area contributed by atoms with Gasteiger partial charge in [0.25, 0.3) is 20.2 Å². The van der Waals surface area contributed by atoms with E-state index in [1.807, 2.05) is 0 Å². The van der Waals surface area contributed by atoms with Gasteiger partial charge in [-0.25, -0.2) is 0 Å². The molecule has 1 fully saturated rings. The second-order valence-corrected chi connectivity index (χ2v) is 7.91. The molecule has 0 saturated carbocycles. The van der Waals surface area contributed by atoms with Gasteiger partial charge in [-0.15, -0.1) is 0 Å². The van der Waals surface area contributed by atoms with E-state index in [1.54, 1.807) is 0 Å². The van der Waals surface area contributed by atoms with Crippen LogP contribution in [-0.2, 0) is 25.0 Å². The lowest BCUT2D eigenvalue weighted by molar-refractivity contribution is 0.109. The molecule has 0 atom stereocenters. The molecule has 4 N–H and O–H groups in total. The van der Waals surface area contributed by atoms with Gasteiger partial charge in [0.2, 0.25) is 0 Å². The summed E-state index contributed by atoms with van der Waals surface area (Å²) < 4.78 is 67.3. The fourth-order valence-electron chi connectivity index (χ4n) is 2.19. The van der Waals surface area contributed by atoms with E-state index in [-0.39, 0.29) is 16.5 Å². The molecule has 1 aliphatic heterocycles. The molecule has 0 unspecified atom stereocenters. The largest absolute Gasteiger partial charge is 0.507 e. The van der Waals surface area contributed by atoms with Crippen molar-refractivity contribution < 1.29 is 35.8 Å². The molecular formula is C14H17NO8S2. The van der Waals surface area contributed by atoms with Crippen molar-refractivity contribution in [3.63, 3.8) is 0 Å². The number of hydrogen-bond donors (Lipinski definition) is 4. The van der Waals surface area contributed by atoms with E-state index in [4.69, 9.17) is 13.8 Å². The highest BCUT2D eigenvalue weighted by Crippen LogP contribution is 2.31. The van der Waals surface area contributed by atoms with E-state index in [0.717, 1.165) is 56.6 Å². The Morgan fingerprint density at radius 1 is 0.880 bits per heavy atom. The van der Waals surface area contributed by atoms with Crippen LogP contribution in [0, 0.1) is 0 Å². The summed E-state index contributed by atoms with van der Waals surface area (Å²) in [5, 5.41) is 12.5. The Morgan fingerprint density at radius 2 is 1.52 bits per heavy atom. The van der Waals surface area contributed by atoms with E-state index >= 15 is 0 Å². The number of nitrogens with one attached hydrogen (secondary N) is 1. The van der Waals surface area contributed by atoms with Gasteiger partial charge in [-0.2, -0.15) is 16.8 Å². The molecule has 1 saturated heterocycles. The van der Waals surface area contributed by atoms with Gasteiger partial charge in [-0.3, -0.25) is 9.11 Å². The summed E-state index contributed by atoms with van der Waals surface area (Å²) in [5.41, 5.74) is 0. The molecule has 0 bridgehead atoms. The van der Waals surface area contributed by atoms with Crippen LogP contribution in [0.3, 0.4) is 0 Å². The van der Waals surface area contributed by atoms with Gasteiger partial charge < -0.3 is 15.2 Å². The highest BCUT2D eigenvalue weighted by molar-refractivity contribution is 7.86. The maximum atomic E-state index is 11.2. The van der Waals surface area contributed by atoms with Crippen LogP contribution < -0.4 is 5.32 Å². The molecule has 0 radical (unpaired) electrons. The summed E-state index contributed by atoms with van der Waals surface area (Å²) in [6, 6.07) is 4.97. The number of hydrogen-bond acceptors (Lipinski definition) is 7. The van der Waals surface area contributed by atoms with Crippen molar-refractivity contribution >= 4 is 31.0 Å². The van der Waals surface area contributed by atoms with Gasteiger partial charge >= 0.3 is 0 Å². The zero-order valence-electron chi connectivity index (χ0n) is 12.9. The van der Waals surface area contributed by atoms with Crippen LogP contribution >= 0.6 is 0 Å². The molecule has 0 spiro atoms. The van der Waals surface area contributed by atoms with Crippen molar-refractivity contribution in [3.8, 4) is 5.75 Å². The molecule has 9 nitrogen and oxygen atoms in total. The third-order valence-corrected chi connectivity index (χ3v) is 5.11. The minimum atomic E-state index is -4.60. The topological polar surface area (TPSA) is 150 Å². The number of fused-ring (bicyclic) bond motifs is 1. The average molecular weight is 391 g/mol. The first-order valence-electron chi connectivity index (χ1n) is 7.10. The predicted octanol–water partition coefficient (Wildman–Crippen LogP) is 0.645. The van der Waals surface area contributed by atoms with Gasteiger partial charge in [0.15, 0.2) is 0 Å². The number of benzene rings is 2. The lowest BCUT2D eigenvalue weighted by Crippen LogP contribution is -2.30. The SMILES string of the molecule is C1COCCN1.O=S(=O)(O)c1ccc2c(O)ccc(S(=O)(=O)O)c2c1. The Kier molecular flexibility index (Phi) is 5.98. The van der Waals surface area contributed by atoms with Crippen molar-refractivity contribution in [1.29, 1.82) is 0 Å². The molecule has 1 heterocycles. The van der Waals surface area contributed by atoms with Gasteiger partial charge in [0.05, 0.1) is 18.1 Å². The van der Waals surface area contributed by atoms with Gasteiger partial charge in [-0.1, -0.05) is 0 Å². The fourth-order valence-corrected chi connectivity index (χ4v) is 3.38. The molecule has 2 aromatic rings. The van der Waals surface area contributed by atoms with Gasteiger partial charge in [-0.05, 0) is 30.3 Å². The smallest absolute Gasteiger partial charge is 0.295 e. The van der Waals surface area contributed by atoms with E-state index in [1.165, 1.54) is 0 Å². The Balaban J connectivity index is 0.000000316. The van der Waals surface area contributed by atoms with Crippen molar-refractivity contribution in [1.82, 2.24) is 5.32 Å². The van der Waals surface area contributed by atoms with Crippen molar-refractivity contribution in [2.24, 2.45) is 0 Å². The summed E-state index contributed by atoms with van der Waals surface area (Å²) in [6.07, 6.45) is 0. The van der Waals surface area contributed by atoms with Crippen LogP contribution in [0.15, 0.2) is 40.1 Å². The zero-order chi connectivity index (χ0) is 18.7. The molecule has 25 heavy (non-hydrogen) atoms. The highest BCUT2D eigenvalue weighted by Gasteiger charge is 2.18. The van der Waals surface area contributed by atoms with Crippen molar-refractivity contribution in [3.05, 3.63) is 30.3 Å². The average Bonchev–Trinajstić information content (AvgIpc) is 2.55. The molecule has 0 amide bonds. The third-order valence-electron chi connectivity index (χ3n) is 3.35. The van der Waals surface area contributed by atoms with Crippen LogP contribution in [-0.4, -0.2) is 57.4 Å². The molecule has 0 aromatic heterocycles. The van der Waals surface area contributed by atoms with E-state index in [2.05, 4.69) is 5.32 Å². The molecule has 1 aliphatic rings. The lowest BCUT2D eigenvalue weighted by atomic mass is 10.1.